The average Bonchev–Trinajstić information content (AvgIpc) is 3.51. The molecule has 1 heterocycles. The van der Waals surface area contributed by atoms with Crippen LogP contribution in [0, 0.1) is 0 Å². The van der Waals surface area contributed by atoms with Gasteiger partial charge in [-0.1, -0.05) is 72.8 Å². The zero-order chi connectivity index (χ0) is 27.5. The molecule has 0 radical (unpaired) electrons. The van der Waals surface area contributed by atoms with Gasteiger partial charge in [0.05, 0.1) is 37.1 Å². The van der Waals surface area contributed by atoms with E-state index in [4.69, 9.17) is 9.47 Å². The molecule has 0 spiro atoms. The SMILES string of the molecule is COc1c(OC)c(-c2ccc(N(c3ccccc3)c3ccccc3)cc2)c2nsnc2c1-c1ccc(C=O)cc1. The molecule has 0 fully saturated rings. The van der Waals surface area contributed by atoms with Crippen molar-refractivity contribution in [2.24, 2.45) is 0 Å². The molecule has 0 bridgehead atoms. The first-order valence-corrected chi connectivity index (χ1v) is 13.4. The minimum absolute atomic E-state index is 0.566. The minimum atomic E-state index is 0.566. The van der Waals surface area contributed by atoms with Gasteiger partial charge in [-0.15, -0.1) is 0 Å². The summed E-state index contributed by atoms with van der Waals surface area (Å²) in [7, 11) is 3.25. The summed E-state index contributed by atoms with van der Waals surface area (Å²) in [5.41, 5.74) is 8.58. The number of hydrogen-bond donors (Lipinski definition) is 0. The van der Waals surface area contributed by atoms with Gasteiger partial charge in [-0.05, 0) is 47.5 Å². The van der Waals surface area contributed by atoms with E-state index >= 15 is 0 Å². The number of carbonyl (C=O) groups is 1. The lowest BCUT2D eigenvalue weighted by Crippen LogP contribution is -2.09. The maximum Gasteiger partial charge on any atom is 0.171 e. The summed E-state index contributed by atoms with van der Waals surface area (Å²) in [6.45, 7) is 0. The van der Waals surface area contributed by atoms with Gasteiger partial charge >= 0.3 is 0 Å². The molecule has 6 aromatic rings. The summed E-state index contributed by atoms with van der Waals surface area (Å²) >= 11 is 1.14. The van der Waals surface area contributed by atoms with Crippen molar-refractivity contribution < 1.29 is 14.3 Å². The monoisotopic (exact) mass is 543 g/mol. The van der Waals surface area contributed by atoms with Gasteiger partial charge in [-0.2, -0.15) is 8.75 Å². The highest BCUT2D eigenvalue weighted by Crippen LogP contribution is 2.50. The van der Waals surface area contributed by atoms with Crippen LogP contribution >= 0.6 is 11.7 Å². The lowest BCUT2D eigenvalue weighted by molar-refractivity contribution is 0.112. The Hall–Kier alpha value is -5.01. The molecule has 1 aromatic heterocycles. The lowest BCUT2D eigenvalue weighted by Gasteiger charge is -2.25. The van der Waals surface area contributed by atoms with Gasteiger partial charge in [0.15, 0.2) is 11.5 Å². The van der Waals surface area contributed by atoms with Crippen molar-refractivity contribution in [3.63, 3.8) is 0 Å². The number of fused-ring (bicyclic) bond motifs is 1. The summed E-state index contributed by atoms with van der Waals surface area (Å²) < 4.78 is 21.2. The van der Waals surface area contributed by atoms with Crippen molar-refractivity contribution in [2.75, 3.05) is 19.1 Å². The van der Waals surface area contributed by atoms with Crippen molar-refractivity contribution in [1.29, 1.82) is 0 Å². The minimum Gasteiger partial charge on any atom is -0.492 e. The molecule has 196 valence electrons. The second-order valence-electron chi connectivity index (χ2n) is 9.07. The van der Waals surface area contributed by atoms with Crippen LogP contribution in [-0.2, 0) is 0 Å². The van der Waals surface area contributed by atoms with Gasteiger partial charge in [0, 0.05) is 22.6 Å². The van der Waals surface area contributed by atoms with Gasteiger partial charge in [0.2, 0.25) is 0 Å². The largest absolute Gasteiger partial charge is 0.492 e. The van der Waals surface area contributed by atoms with Crippen LogP contribution in [0.1, 0.15) is 10.4 Å². The zero-order valence-corrected chi connectivity index (χ0v) is 22.8. The fraction of sp³-hybridized carbons (Fsp3) is 0.0606. The fourth-order valence-electron chi connectivity index (χ4n) is 4.99. The molecule has 6 nitrogen and oxygen atoms in total. The number of aromatic nitrogens is 2. The molecule has 6 rings (SSSR count). The Balaban J connectivity index is 1.50. The van der Waals surface area contributed by atoms with E-state index in [2.05, 4.69) is 62.2 Å². The van der Waals surface area contributed by atoms with Crippen molar-refractivity contribution in [3.05, 3.63) is 115 Å². The first-order chi connectivity index (χ1) is 19.7. The Kier molecular flexibility index (Phi) is 6.95. The van der Waals surface area contributed by atoms with Gasteiger partial charge < -0.3 is 14.4 Å². The predicted molar refractivity (Wildman–Crippen MR) is 161 cm³/mol. The van der Waals surface area contributed by atoms with E-state index in [0.717, 1.165) is 68.4 Å². The van der Waals surface area contributed by atoms with Crippen molar-refractivity contribution in [1.82, 2.24) is 8.75 Å². The first-order valence-electron chi connectivity index (χ1n) is 12.7. The topological polar surface area (TPSA) is 64.6 Å². The molecule has 0 aliphatic carbocycles. The Labute approximate surface area is 236 Å². The Morgan fingerprint density at radius 2 is 1.02 bits per heavy atom. The average molecular weight is 544 g/mol. The molecule has 0 aliphatic heterocycles. The van der Waals surface area contributed by atoms with E-state index in [9.17, 15) is 4.79 Å². The summed E-state index contributed by atoms with van der Waals surface area (Å²) in [6.07, 6.45) is 0.824. The second-order valence-corrected chi connectivity index (χ2v) is 9.60. The van der Waals surface area contributed by atoms with E-state index in [1.807, 2.05) is 48.5 Å². The maximum atomic E-state index is 11.2. The van der Waals surface area contributed by atoms with Crippen LogP contribution in [0.3, 0.4) is 0 Å². The molecule has 0 amide bonds. The molecule has 5 aromatic carbocycles. The third-order valence-electron chi connectivity index (χ3n) is 6.81. The molecule has 40 heavy (non-hydrogen) atoms. The number of para-hydroxylation sites is 2. The number of carbonyl (C=O) groups excluding carboxylic acids is 1. The molecule has 0 unspecified atom stereocenters. The zero-order valence-electron chi connectivity index (χ0n) is 21.9. The fourth-order valence-corrected chi connectivity index (χ4v) is 5.55. The van der Waals surface area contributed by atoms with Gasteiger partial charge in [-0.25, -0.2) is 0 Å². The number of ether oxygens (including phenoxy) is 2. The van der Waals surface area contributed by atoms with Crippen molar-refractivity contribution in [3.8, 4) is 33.8 Å². The number of rotatable bonds is 8. The van der Waals surface area contributed by atoms with Gasteiger partial charge in [0.1, 0.15) is 17.3 Å². The number of benzene rings is 5. The summed E-state index contributed by atoms with van der Waals surface area (Å²) in [5, 5.41) is 0. The molecule has 0 saturated heterocycles. The molecular weight excluding hydrogens is 518 g/mol. The van der Waals surface area contributed by atoms with Gasteiger partial charge in [-0.3, -0.25) is 4.79 Å². The second kappa shape index (κ2) is 11.0. The quantitative estimate of drug-likeness (QED) is 0.180. The molecule has 7 heteroatoms. The Bertz CT molecular complexity index is 1730. The van der Waals surface area contributed by atoms with Gasteiger partial charge in [0.25, 0.3) is 0 Å². The maximum absolute atomic E-state index is 11.2. The van der Waals surface area contributed by atoms with E-state index in [0.29, 0.717) is 17.1 Å². The molecule has 0 atom stereocenters. The van der Waals surface area contributed by atoms with Crippen LogP contribution in [0.15, 0.2) is 109 Å². The summed E-state index contributed by atoms with van der Waals surface area (Å²) in [4.78, 5) is 13.4. The van der Waals surface area contributed by atoms with E-state index in [1.165, 1.54) is 0 Å². The smallest absolute Gasteiger partial charge is 0.171 e. The highest BCUT2D eigenvalue weighted by molar-refractivity contribution is 7.00. The number of methoxy groups -OCH3 is 2. The molecular formula is C33H25N3O3S. The Morgan fingerprint density at radius 1 is 0.600 bits per heavy atom. The number of aldehydes is 1. The first kappa shape index (κ1) is 25.3. The van der Waals surface area contributed by atoms with Crippen LogP contribution in [0.25, 0.3) is 33.3 Å². The highest BCUT2D eigenvalue weighted by Gasteiger charge is 2.26. The highest BCUT2D eigenvalue weighted by atomic mass is 32.1. The Morgan fingerprint density at radius 3 is 1.45 bits per heavy atom. The lowest BCUT2D eigenvalue weighted by atomic mass is 9.94. The van der Waals surface area contributed by atoms with Crippen LogP contribution in [0.4, 0.5) is 17.1 Å². The van der Waals surface area contributed by atoms with Crippen LogP contribution in [-0.4, -0.2) is 29.3 Å². The molecule has 0 saturated carbocycles. The van der Waals surface area contributed by atoms with Crippen molar-refractivity contribution >= 4 is 46.1 Å². The summed E-state index contributed by atoms with van der Waals surface area (Å²) in [6, 6.07) is 36.2. The standard InChI is InChI=1S/C33H25N3O3S/c1-38-32-28(23-15-13-22(21-37)14-16-23)30-31(35-40-34-30)29(33(32)39-2)24-17-19-27(20-18-24)36(25-9-5-3-6-10-25)26-11-7-4-8-12-26/h3-21H,1-2H3. The third kappa shape index (κ3) is 4.46. The summed E-state index contributed by atoms with van der Waals surface area (Å²) in [5.74, 6) is 1.14. The predicted octanol–water partition coefficient (Wildman–Crippen LogP) is 8.32. The van der Waals surface area contributed by atoms with Crippen LogP contribution < -0.4 is 14.4 Å². The van der Waals surface area contributed by atoms with Crippen LogP contribution in [0.2, 0.25) is 0 Å². The van der Waals surface area contributed by atoms with E-state index in [-0.39, 0.29) is 0 Å². The van der Waals surface area contributed by atoms with Crippen LogP contribution in [0.5, 0.6) is 11.5 Å². The number of nitrogens with zero attached hydrogens (tertiary/aromatic N) is 3. The number of hydrogen-bond acceptors (Lipinski definition) is 7. The van der Waals surface area contributed by atoms with E-state index < -0.39 is 0 Å². The normalized spacial score (nSPS) is 10.8. The van der Waals surface area contributed by atoms with Crippen molar-refractivity contribution in [2.45, 2.75) is 0 Å². The molecule has 0 aliphatic rings. The molecule has 0 N–H and O–H groups in total. The number of anilines is 3. The third-order valence-corrected chi connectivity index (χ3v) is 7.34. The van der Waals surface area contributed by atoms with E-state index in [1.54, 1.807) is 26.4 Å².